The van der Waals surface area contributed by atoms with E-state index < -0.39 is 0 Å². The van der Waals surface area contributed by atoms with Crippen LogP contribution in [0.5, 0.6) is 0 Å². The summed E-state index contributed by atoms with van der Waals surface area (Å²) in [4.78, 5) is 3.46. The van der Waals surface area contributed by atoms with Crippen molar-refractivity contribution in [3.8, 4) is 0 Å². The van der Waals surface area contributed by atoms with Crippen molar-refractivity contribution in [1.82, 2.24) is 10.3 Å². The van der Waals surface area contributed by atoms with Crippen LogP contribution in [-0.2, 0) is 0 Å². The topological polar surface area (TPSA) is 27.8 Å². The first-order valence-corrected chi connectivity index (χ1v) is 5.61. The van der Waals surface area contributed by atoms with E-state index in [1.165, 1.54) is 16.6 Å². The van der Waals surface area contributed by atoms with Crippen molar-refractivity contribution in [3.63, 3.8) is 0 Å². The first-order chi connectivity index (χ1) is 6.83. The SMILES string of the molecule is Brc1ccc2[nH]c(C3CNC3)cc2c1. The maximum Gasteiger partial charge on any atom is 0.0456 e. The van der Waals surface area contributed by atoms with E-state index in [2.05, 4.69) is 50.5 Å². The number of aromatic amines is 1. The number of halogens is 1. The molecule has 14 heavy (non-hydrogen) atoms. The third-order valence-corrected chi connectivity index (χ3v) is 3.32. The Morgan fingerprint density at radius 1 is 1.21 bits per heavy atom. The van der Waals surface area contributed by atoms with Gasteiger partial charge >= 0.3 is 0 Å². The molecule has 3 rings (SSSR count). The Morgan fingerprint density at radius 2 is 2.07 bits per heavy atom. The van der Waals surface area contributed by atoms with Crippen LogP contribution in [0.4, 0.5) is 0 Å². The van der Waals surface area contributed by atoms with E-state index in [1.54, 1.807) is 0 Å². The highest BCUT2D eigenvalue weighted by Crippen LogP contribution is 2.25. The zero-order valence-electron chi connectivity index (χ0n) is 7.68. The molecule has 1 aliphatic heterocycles. The van der Waals surface area contributed by atoms with Gasteiger partial charge in [0.05, 0.1) is 0 Å². The van der Waals surface area contributed by atoms with E-state index in [9.17, 15) is 0 Å². The number of H-pyrrole nitrogens is 1. The van der Waals surface area contributed by atoms with Gasteiger partial charge in [-0.2, -0.15) is 0 Å². The van der Waals surface area contributed by atoms with Crippen molar-refractivity contribution >= 4 is 26.8 Å². The number of aromatic nitrogens is 1. The van der Waals surface area contributed by atoms with E-state index in [0.717, 1.165) is 17.6 Å². The molecule has 3 heteroatoms. The lowest BCUT2D eigenvalue weighted by Crippen LogP contribution is -2.40. The summed E-state index contributed by atoms with van der Waals surface area (Å²) < 4.78 is 1.14. The van der Waals surface area contributed by atoms with Crippen LogP contribution in [0.2, 0.25) is 0 Å². The van der Waals surface area contributed by atoms with Gasteiger partial charge in [0.15, 0.2) is 0 Å². The van der Waals surface area contributed by atoms with Gasteiger partial charge in [0.25, 0.3) is 0 Å². The van der Waals surface area contributed by atoms with E-state index in [0.29, 0.717) is 5.92 Å². The van der Waals surface area contributed by atoms with Crippen molar-refractivity contribution in [2.75, 3.05) is 13.1 Å². The van der Waals surface area contributed by atoms with Gasteiger partial charge in [0.1, 0.15) is 0 Å². The van der Waals surface area contributed by atoms with Crippen LogP contribution in [0, 0.1) is 0 Å². The molecule has 2 heterocycles. The Balaban J connectivity index is 2.10. The largest absolute Gasteiger partial charge is 0.358 e. The van der Waals surface area contributed by atoms with Crippen LogP contribution >= 0.6 is 15.9 Å². The highest BCUT2D eigenvalue weighted by molar-refractivity contribution is 9.10. The van der Waals surface area contributed by atoms with Gasteiger partial charge in [-0.1, -0.05) is 15.9 Å². The van der Waals surface area contributed by atoms with Gasteiger partial charge in [0, 0.05) is 40.1 Å². The molecule has 1 aromatic carbocycles. The number of hydrogen-bond donors (Lipinski definition) is 2. The lowest BCUT2D eigenvalue weighted by molar-refractivity contribution is 0.442. The smallest absolute Gasteiger partial charge is 0.0456 e. The number of nitrogens with one attached hydrogen (secondary N) is 2. The van der Waals surface area contributed by atoms with E-state index >= 15 is 0 Å². The van der Waals surface area contributed by atoms with E-state index in [1.807, 2.05) is 0 Å². The summed E-state index contributed by atoms with van der Waals surface area (Å²) in [5.41, 5.74) is 2.59. The number of hydrogen-bond acceptors (Lipinski definition) is 1. The molecule has 0 spiro atoms. The highest BCUT2D eigenvalue weighted by Gasteiger charge is 2.20. The summed E-state index contributed by atoms with van der Waals surface area (Å²) in [7, 11) is 0. The first-order valence-electron chi connectivity index (χ1n) is 4.82. The predicted octanol–water partition coefficient (Wildman–Crippen LogP) is 2.62. The van der Waals surface area contributed by atoms with Crippen molar-refractivity contribution in [1.29, 1.82) is 0 Å². The monoisotopic (exact) mass is 250 g/mol. The van der Waals surface area contributed by atoms with Crippen molar-refractivity contribution < 1.29 is 0 Å². The molecule has 0 aliphatic carbocycles. The van der Waals surface area contributed by atoms with Gasteiger partial charge in [0.2, 0.25) is 0 Å². The molecule has 0 radical (unpaired) electrons. The van der Waals surface area contributed by atoms with Gasteiger partial charge in [-0.25, -0.2) is 0 Å². The molecule has 2 aromatic rings. The lowest BCUT2D eigenvalue weighted by Gasteiger charge is -2.25. The fraction of sp³-hybridized carbons (Fsp3) is 0.273. The Labute approximate surface area is 90.8 Å². The molecule has 0 unspecified atom stereocenters. The van der Waals surface area contributed by atoms with Crippen LogP contribution in [-0.4, -0.2) is 18.1 Å². The van der Waals surface area contributed by atoms with E-state index in [-0.39, 0.29) is 0 Å². The summed E-state index contributed by atoms with van der Waals surface area (Å²) in [6, 6.07) is 8.60. The Hall–Kier alpha value is -0.800. The van der Waals surface area contributed by atoms with Crippen LogP contribution in [0.15, 0.2) is 28.7 Å². The lowest BCUT2D eigenvalue weighted by atomic mass is 10.00. The number of rotatable bonds is 1. The van der Waals surface area contributed by atoms with Crippen molar-refractivity contribution in [2.24, 2.45) is 0 Å². The molecule has 1 saturated heterocycles. The summed E-state index contributed by atoms with van der Waals surface area (Å²) in [5, 5.41) is 4.58. The van der Waals surface area contributed by atoms with Gasteiger partial charge < -0.3 is 10.3 Å². The second kappa shape index (κ2) is 3.11. The van der Waals surface area contributed by atoms with Crippen LogP contribution in [0.3, 0.4) is 0 Å². The summed E-state index contributed by atoms with van der Waals surface area (Å²) >= 11 is 3.48. The zero-order chi connectivity index (χ0) is 9.54. The molecule has 0 atom stereocenters. The number of fused-ring (bicyclic) bond motifs is 1. The normalized spacial score (nSPS) is 17.2. The highest BCUT2D eigenvalue weighted by atomic mass is 79.9. The Bertz CT molecular complexity index is 471. The molecule has 1 aliphatic rings. The molecule has 0 amide bonds. The summed E-state index contributed by atoms with van der Waals surface area (Å²) in [6.45, 7) is 2.21. The summed E-state index contributed by atoms with van der Waals surface area (Å²) in [5.74, 6) is 0.682. The van der Waals surface area contributed by atoms with Gasteiger partial charge in [-0.3, -0.25) is 0 Å². The maximum atomic E-state index is 3.48. The van der Waals surface area contributed by atoms with Gasteiger partial charge in [-0.05, 0) is 24.3 Å². The molecule has 0 saturated carbocycles. The molecule has 1 fully saturated rings. The van der Waals surface area contributed by atoms with E-state index in [4.69, 9.17) is 0 Å². The molecule has 72 valence electrons. The molecule has 1 aromatic heterocycles. The van der Waals surface area contributed by atoms with Crippen molar-refractivity contribution in [3.05, 3.63) is 34.4 Å². The fourth-order valence-electron chi connectivity index (χ4n) is 1.85. The van der Waals surface area contributed by atoms with Crippen LogP contribution in [0.25, 0.3) is 10.9 Å². The van der Waals surface area contributed by atoms with Gasteiger partial charge in [-0.15, -0.1) is 0 Å². The Kier molecular flexibility index (Phi) is 1.89. The third kappa shape index (κ3) is 1.28. The third-order valence-electron chi connectivity index (χ3n) is 2.82. The fourth-order valence-corrected chi connectivity index (χ4v) is 2.23. The average molecular weight is 251 g/mol. The minimum Gasteiger partial charge on any atom is -0.358 e. The Morgan fingerprint density at radius 3 is 2.79 bits per heavy atom. The zero-order valence-corrected chi connectivity index (χ0v) is 9.26. The minimum atomic E-state index is 0.682. The minimum absolute atomic E-state index is 0.682. The molecular weight excluding hydrogens is 240 g/mol. The molecule has 2 nitrogen and oxygen atoms in total. The molecular formula is C11H11BrN2. The summed E-state index contributed by atoms with van der Waals surface area (Å²) in [6.07, 6.45) is 0. The average Bonchev–Trinajstić information content (AvgIpc) is 2.43. The van der Waals surface area contributed by atoms with Crippen molar-refractivity contribution in [2.45, 2.75) is 5.92 Å². The first kappa shape index (κ1) is 8.50. The van der Waals surface area contributed by atoms with Crippen LogP contribution in [0.1, 0.15) is 11.6 Å². The molecule has 2 N–H and O–H groups in total. The van der Waals surface area contributed by atoms with Crippen LogP contribution < -0.4 is 5.32 Å². The second-order valence-electron chi connectivity index (χ2n) is 3.81. The standard InChI is InChI=1S/C11H11BrN2/c12-9-1-2-10-7(3-9)4-11(14-10)8-5-13-6-8/h1-4,8,13-14H,5-6H2. The second-order valence-corrected chi connectivity index (χ2v) is 4.73. The number of benzene rings is 1. The maximum absolute atomic E-state index is 3.48. The quantitative estimate of drug-likeness (QED) is 0.801. The molecule has 0 bridgehead atoms. The predicted molar refractivity (Wildman–Crippen MR) is 61.6 cm³/mol.